The van der Waals surface area contributed by atoms with Crippen molar-refractivity contribution < 1.29 is 18.7 Å². The molecule has 1 unspecified atom stereocenters. The first-order valence-corrected chi connectivity index (χ1v) is 9.98. The van der Waals surface area contributed by atoms with E-state index in [0.717, 1.165) is 0 Å². The lowest BCUT2D eigenvalue weighted by atomic mass is 10.1. The summed E-state index contributed by atoms with van der Waals surface area (Å²) in [6.45, 7) is 1.68. The molecule has 4 rings (SSSR count). The van der Waals surface area contributed by atoms with Gasteiger partial charge in [-0.15, -0.1) is 0 Å². The van der Waals surface area contributed by atoms with E-state index in [1.54, 1.807) is 42.6 Å². The lowest BCUT2D eigenvalue weighted by Gasteiger charge is -2.30. The highest BCUT2D eigenvalue weighted by molar-refractivity contribution is 6.30. The van der Waals surface area contributed by atoms with E-state index >= 15 is 0 Å². The minimum Gasteiger partial charge on any atom is -0.481 e. The second kappa shape index (κ2) is 8.69. The van der Waals surface area contributed by atoms with Crippen LogP contribution in [0.1, 0.15) is 13.3 Å². The number of rotatable bonds is 5. The van der Waals surface area contributed by atoms with Crippen LogP contribution in [0, 0.1) is 5.82 Å². The van der Waals surface area contributed by atoms with E-state index in [1.807, 2.05) is 6.92 Å². The Morgan fingerprint density at radius 2 is 2.06 bits per heavy atom. The fourth-order valence-electron chi connectivity index (χ4n) is 3.26. The van der Waals surface area contributed by atoms with Gasteiger partial charge in [-0.25, -0.2) is 9.37 Å². The van der Waals surface area contributed by atoms with Crippen LogP contribution in [0.25, 0.3) is 11.3 Å². The Morgan fingerprint density at radius 3 is 2.77 bits per heavy atom. The third-order valence-corrected chi connectivity index (χ3v) is 4.95. The van der Waals surface area contributed by atoms with Gasteiger partial charge >= 0.3 is 0 Å². The lowest BCUT2D eigenvalue weighted by Crippen LogP contribution is -2.48. The third-order valence-electron chi connectivity index (χ3n) is 4.74. The summed E-state index contributed by atoms with van der Waals surface area (Å²) in [5.41, 5.74) is 1.19. The Labute approximate surface area is 182 Å². The fourth-order valence-corrected chi connectivity index (χ4v) is 3.41. The summed E-state index contributed by atoms with van der Waals surface area (Å²) in [6.07, 6.45) is 2.49. The number of aromatic nitrogens is 2. The van der Waals surface area contributed by atoms with Gasteiger partial charge in [-0.2, -0.15) is 0 Å². The van der Waals surface area contributed by atoms with Crippen LogP contribution >= 0.6 is 11.6 Å². The van der Waals surface area contributed by atoms with Crippen molar-refractivity contribution in [1.29, 1.82) is 0 Å². The van der Waals surface area contributed by atoms with Crippen LogP contribution in [-0.2, 0) is 9.59 Å². The van der Waals surface area contributed by atoms with Crippen molar-refractivity contribution in [3.63, 3.8) is 0 Å². The summed E-state index contributed by atoms with van der Waals surface area (Å²) in [5, 5.41) is 2.92. The van der Waals surface area contributed by atoms with E-state index in [9.17, 15) is 14.0 Å². The molecule has 3 aromatic rings. The molecule has 31 heavy (non-hydrogen) atoms. The van der Waals surface area contributed by atoms with Crippen LogP contribution in [0.2, 0.25) is 5.02 Å². The van der Waals surface area contributed by atoms with E-state index in [4.69, 9.17) is 16.3 Å². The van der Waals surface area contributed by atoms with Gasteiger partial charge in [-0.05, 0) is 48.9 Å². The molecule has 1 aliphatic rings. The molecule has 2 amide bonds. The van der Waals surface area contributed by atoms with Crippen LogP contribution in [-0.4, -0.2) is 34.4 Å². The quantitative estimate of drug-likeness (QED) is 0.646. The number of nitrogens with zero attached hydrogens (tertiary/aromatic N) is 3. The van der Waals surface area contributed by atoms with Crippen molar-refractivity contribution >= 4 is 34.9 Å². The van der Waals surface area contributed by atoms with Crippen molar-refractivity contribution in [3.05, 3.63) is 65.7 Å². The second-order valence-corrected chi connectivity index (χ2v) is 7.31. The molecule has 0 saturated carbocycles. The van der Waals surface area contributed by atoms with Crippen molar-refractivity contribution in [2.75, 3.05) is 16.8 Å². The number of anilines is 2. The van der Waals surface area contributed by atoms with Gasteiger partial charge in [0.2, 0.25) is 5.91 Å². The molecule has 0 bridgehead atoms. The summed E-state index contributed by atoms with van der Waals surface area (Å²) >= 11 is 5.75. The van der Waals surface area contributed by atoms with Crippen molar-refractivity contribution in [2.24, 2.45) is 0 Å². The zero-order valence-electron chi connectivity index (χ0n) is 16.5. The minimum atomic E-state index is -0.822. The molecule has 0 radical (unpaired) electrons. The molecule has 2 aromatic heterocycles. The second-order valence-electron chi connectivity index (χ2n) is 6.87. The number of nitrogens with one attached hydrogen (secondary N) is 1. The molecule has 0 fully saturated rings. The Balaban J connectivity index is 1.53. The number of hydrogen-bond donors (Lipinski definition) is 1. The topological polar surface area (TPSA) is 84.4 Å². The normalized spacial score (nSPS) is 13.9. The SMILES string of the molecule is CCC(Oc1ccc(-c2ncc(Cl)cc2F)cc1)C(=O)N1CC(=O)Nc2cccnc21. The van der Waals surface area contributed by atoms with E-state index in [2.05, 4.69) is 15.3 Å². The largest absolute Gasteiger partial charge is 0.481 e. The highest BCUT2D eigenvalue weighted by Crippen LogP contribution is 2.29. The molecule has 7 nitrogen and oxygen atoms in total. The number of hydrogen-bond acceptors (Lipinski definition) is 5. The van der Waals surface area contributed by atoms with E-state index in [1.165, 1.54) is 17.2 Å². The van der Waals surface area contributed by atoms with Crippen molar-refractivity contribution in [2.45, 2.75) is 19.4 Å². The summed E-state index contributed by atoms with van der Waals surface area (Å²) < 4.78 is 20.0. The van der Waals surface area contributed by atoms with E-state index in [-0.39, 0.29) is 29.1 Å². The van der Waals surface area contributed by atoms with Gasteiger partial charge in [-0.1, -0.05) is 18.5 Å². The van der Waals surface area contributed by atoms with Crippen molar-refractivity contribution in [1.82, 2.24) is 9.97 Å². The lowest BCUT2D eigenvalue weighted by molar-refractivity contribution is -0.127. The summed E-state index contributed by atoms with van der Waals surface area (Å²) in [4.78, 5) is 34.7. The maximum Gasteiger partial charge on any atom is 0.269 e. The summed E-state index contributed by atoms with van der Waals surface area (Å²) in [5.74, 6) is -0.385. The molecule has 1 atom stereocenters. The van der Waals surface area contributed by atoms with Gasteiger partial charge in [0.15, 0.2) is 17.7 Å². The summed E-state index contributed by atoms with van der Waals surface area (Å²) in [7, 11) is 0. The van der Waals surface area contributed by atoms with Gasteiger partial charge in [0.05, 0.1) is 10.7 Å². The molecule has 9 heteroatoms. The number of fused-ring (bicyclic) bond motifs is 1. The molecule has 3 heterocycles. The van der Waals surface area contributed by atoms with Crippen molar-refractivity contribution in [3.8, 4) is 17.0 Å². The molecule has 0 aliphatic carbocycles. The number of ether oxygens (including phenoxy) is 1. The fraction of sp³-hybridized carbons (Fsp3) is 0.182. The van der Waals surface area contributed by atoms with Crippen LogP contribution < -0.4 is 15.0 Å². The first-order valence-electron chi connectivity index (χ1n) is 9.60. The first-order chi connectivity index (χ1) is 15.0. The summed E-state index contributed by atoms with van der Waals surface area (Å²) in [6, 6.07) is 11.1. The number of amides is 2. The molecular weight excluding hydrogens is 423 g/mol. The van der Waals surface area contributed by atoms with Gasteiger partial charge in [0, 0.05) is 18.0 Å². The van der Waals surface area contributed by atoms with E-state index < -0.39 is 11.9 Å². The number of halogens is 2. The first kappa shape index (κ1) is 20.7. The maximum absolute atomic E-state index is 14.1. The van der Waals surface area contributed by atoms with E-state index in [0.29, 0.717) is 29.2 Å². The number of pyridine rings is 2. The Bertz CT molecular complexity index is 1140. The molecular formula is C22H18ClFN4O3. The Hall–Kier alpha value is -3.52. The average Bonchev–Trinajstić information content (AvgIpc) is 2.77. The highest BCUT2D eigenvalue weighted by atomic mass is 35.5. The average molecular weight is 441 g/mol. The monoisotopic (exact) mass is 440 g/mol. The smallest absolute Gasteiger partial charge is 0.269 e. The highest BCUT2D eigenvalue weighted by Gasteiger charge is 2.33. The van der Waals surface area contributed by atoms with Crippen LogP contribution in [0.5, 0.6) is 5.75 Å². The standard InChI is InChI=1S/C22H18ClFN4O3/c1-2-18(22(30)28-12-19(29)27-17-4-3-9-25-21(17)28)31-15-7-5-13(6-8-15)20-16(24)10-14(23)11-26-20/h3-11,18H,2,12H2,1H3,(H,27,29). The Morgan fingerprint density at radius 1 is 1.29 bits per heavy atom. The molecule has 1 aromatic carbocycles. The van der Waals surface area contributed by atoms with Crippen LogP contribution in [0.15, 0.2) is 54.9 Å². The maximum atomic E-state index is 14.1. The number of carbonyl (C=O) groups excluding carboxylic acids is 2. The van der Waals surface area contributed by atoms with Crippen LogP contribution in [0.4, 0.5) is 15.9 Å². The number of carbonyl (C=O) groups is 2. The molecule has 0 spiro atoms. The predicted octanol–water partition coefficient (Wildman–Crippen LogP) is 4.08. The third kappa shape index (κ3) is 4.34. The zero-order valence-corrected chi connectivity index (χ0v) is 17.3. The molecule has 158 valence electrons. The Kier molecular flexibility index (Phi) is 5.81. The number of benzene rings is 1. The predicted molar refractivity (Wildman–Crippen MR) is 115 cm³/mol. The zero-order chi connectivity index (χ0) is 22.0. The minimum absolute atomic E-state index is 0.136. The van der Waals surface area contributed by atoms with Gasteiger partial charge in [0.25, 0.3) is 5.91 Å². The molecule has 1 N–H and O–H groups in total. The van der Waals surface area contributed by atoms with Crippen LogP contribution in [0.3, 0.4) is 0 Å². The van der Waals surface area contributed by atoms with Gasteiger partial charge < -0.3 is 10.1 Å². The van der Waals surface area contributed by atoms with Gasteiger partial charge in [0.1, 0.15) is 18.0 Å². The molecule has 1 aliphatic heterocycles. The van der Waals surface area contributed by atoms with Gasteiger partial charge in [-0.3, -0.25) is 19.5 Å². The molecule has 0 saturated heterocycles.